The Morgan fingerprint density at radius 3 is 2.65 bits per heavy atom. The number of fused-ring (bicyclic) bond motifs is 1. The first-order valence-electron chi connectivity index (χ1n) is 5.57. The highest BCUT2D eigenvalue weighted by atomic mass is 19.4. The molecule has 1 aliphatic heterocycles. The van der Waals surface area contributed by atoms with Crippen molar-refractivity contribution in [2.75, 3.05) is 0 Å². The van der Waals surface area contributed by atoms with Gasteiger partial charge in [0.15, 0.2) is 0 Å². The maximum absolute atomic E-state index is 12.7. The van der Waals surface area contributed by atoms with Gasteiger partial charge in [0, 0.05) is 23.9 Å². The highest BCUT2D eigenvalue weighted by Gasteiger charge is 2.36. The van der Waals surface area contributed by atoms with Crippen LogP contribution in [0.25, 0.3) is 0 Å². The molecular weight excluding hydrogens is 231 g/mol. The zero-order valence-electron chi connectivity index (χ0n) is 9.77. The van der Waals surface area contributed by atoms with Crippen LogP contribution in [0, 0.1) is 12.8 Å². The standard InChI is InChI=1S/C12H14F3NO/c1-7-11(12(13,14)15)6-10-5-9(8(2)17)3-4-16(7)10/h6,9H,3-5H2,1-2H3. The summed E-state index contributed by atoms with van der Waals surface area (Å²) >= 11 is 0. The van der Waals surface area contributed by atoms with Gasteiger partial charge in [-0.25, -0.2) is 0 Å². The molecule has 0 saturated carbocycles. The van der Waals surface area contributed by atoms with Crippen LogP contribution in [0.5, 0.6) is 0 Å². The van der Waals surface area contributed by atoms with Crippen LogP contribution in [0.2, 0.25) is 0 Å². The Hall–Kier alpha value is -1.26. The monoisotopic (exact) mass is 245 g/mol. The van der Waals surface area contributed by atoms with Crippen molar-refractivity contribution in [2.45, 2.75) is 39.4 Å². The first-order valence-corrected chi connectivity index (χ1v) is 5.57. The normalized spacial score (nSPS) is 20.2. The average molecular weight is 245 g/mol. The van der Waals surface area contributed by atoms with Gasteiger partial charge >= 0.3 is 6.18 Å². The van der Waals surface area contributed by atoms with Crippen LogP contribution in [0.4, 0.5) is 13.2 Å². The van der Waals surface area contributed by atoms with Gasteiger partial charge in [-0.05, 0) is 32.8 Å². The molecule has 1 aromatic heterocycles. The average Bonchev–Trinajstić information content (AvgIpc) is 2.55. The van der Waals surface area contributed by atoms with Crippen molar-refractivity contribution in [1.82, 2.24) is 4.57 Å². The molecule has 5 heteroatoms. The Bertz CT molecular complexity index is 459. The largest absolute Gasteiger partial charge is 0.418 e. The Labute approximate surface area is 97.4 Å². The van der Waals surface area contributed by atoms with Crippen LogP contribution < -0.4 is 0 Å². The van der Waals surface area contributed by atoms with Crippen molar-refractivity contribution in [1.29, 1.82) is 0 Å². The second-order valence-corrected chi connectivity index (χ2v) is 4.58. The number of halogens is 3. The van der Waals surface area contributed by atoms with Gasteiger partial charge in [0.25, 0.3) is 0 Å². The summed E-state index contributed by atoms with van der Waals surface area (Å²) in [5, 5.41) is 0. The number of carbonyl (C=O) groups is 1. The van der Waals surface area contributed by atoms with Crippen LogP contribution in [0.1, 0.15) is 30.3 Å². The zero-order chi connectivity index (χ0) is 12.8. The van der Waals surface area contributed by atoms with Gasteiger partial charge < -0.3 is 4.57 Å². The number of hydrogen-bond donors (Lipinski definition) is 0. The molecular formula is C12H14F3NO. The van der Waals surface area contributed by atoms with Crippen molar-refractivity contribution < 1.29 is 18.0 Å². The molecule has 0 bridgehead atoms. The Morgan fingerprint density at radius 2 is 2.12 bits per heavy atom. The van der Waals surface area contributed by atoms with Crippen molar-refractivity contribution in [3.05, 3.63) is 23.0 Å². The lowest BCUT2D eigenvalue weighted by atomic mass is 9.93. The Morgan fingerprint density at radius 1 is 1.47 bits per heavy atom. The molecule has 1 aromatic rings. The minimum Gasteiger partial charge on any atom is -0.348 e. The summed E-state index contributed by atoms with van der Waals surface area (Å²) in [4.78, 5) is 11.3. The number of carbonyl (C=O) groups excluding carboxylic acids is 1. The molecule has 0 radical (unpaired) electrons. The maximum atomic E-state index is 12.7. The lowest BCUT2D eigenvalue weighted by Gasteiger charge is -2.23. The summed E-state index contributed by atoms with van der Waals surface area (Å²) in [6.45, 7) is 3.49. The van der Waals surface area contributed by atoms with Gasteiger partial charge in [-0.2, -0.15) is 13.2 Å². The third kappa shape index (κ3) is 2.10. The number of Topliss-reactive ketones (excluding diaryl/α,β-unsaturated/α-hetero) is 1. The van der Waals surface area contributed by atoms with Crippen molar-refractivity contribution in [3.63, 3.8) is 0 Å². The SMILES string of the molecule is CC(=O)C1CCn2c(cc(C(F)(F)F)c2C)C1. The van der Waals surface area contributed by atoms with Crippen LogP contribution in [0.15, 0.2) is 6.07 Å². The molecule has 0 fully saturated rings. The summed E-state index contributed by atoms with van der Waals surface area (Å²) in [6, 6.07) is 1.18. The summed E-state index contributed by atoms with van der Waals surface area (Å²) in [5.74, 6) is -0.0680. The van der Waals surface area contributed by atoms with Gasteiger partial charge in [-0.3, -0.25) is 4.79 Å². The molecule has 0 aliphatic carbocycles. The minimum absolute atomic E-state index is 0.0589. The molecule has 94 valence electrons. The van der Waals surface area contributed by atoms with Crippen LogP contribution in [-0.2, 0) is 23.9 Å². The van der Waals surface area contributed by atoms with E-state index in [2.05, 4.69) is 0 Å². The molecule has 1 unspecified atom stereocenters. The highest BCUT2D eigenvalue weighted by Crippen LogP contribution is 2.36. The number of hydrogen-bond acceptors (Lipinski definition) is 1. The highest BCUT2D eigenvalue weighted by molar-refractivity contribution is 5.78. The molecule has 1 aliphatic rings. The number of alkyl halides is 3. The molecule has 0 aromatic carbocycles. The fraction of sp³-hybridized carbons (Fsp3) is 0.583. The van der Waals surface area contributed by atoms with E-state index in [1.165, 1.54) is 19.9 Å². The zero-order valence-corrected chi connectivity index (χ0v) is 9.77. The topological polar surface area (TPSA) is 22.0 Å². The van der Waals surface area contributed by atoms with Crippen LogP contribution in [0.3, 0.4) is 0 Å². The first-order chi connectivity index (χ1) is 7.80. The summed E-state index contributed by atoms with van der Waals surface area (Å²) < 4.78 is 39.8. The number of rotatable bonds is 1. The molecule has 0 saturated heterocycles. The quantitative estimate of drug-likeness (QED) is 0.745. The Balaban J connectivity index is 2.38. The van der Waals surface area contributed by atoms with E-state index in [0.29, 0.717) is 25.1 Å². The molecule has 2 heterocycles. The maximum Gasteiger partial charge on any atom is 0.418 e. The van der Waals surface area contributed by atoms with E-state index >= 15 is 0 Å². The summed E-state index contributed by atoms with van der Waals surface area (Å²) in [5.41, 5.74) is 0.312. The molecule has 0 spiro atoms. The molecule has 0 amide bonds. The van der Waals surface area contributed by atoms with Gasteiger partial charge in [-0.1, -0.05) is 0 Å². The molecule has 17 heavy (non-hydrogen) atoms. The van der Waals surface area contributed by atoms with E-state index in [4.69, 9.17) is 0 Å². The van der Waals surface area contributed by atoms with Crippen LogP contribution >= 0.6 is 0 Å². The van der Waals surface area contributed by atoms with Gasteiger partial charge in [0.2, 0.25) is 0 Å². The van der Waals surface area contributed by atoms with Crippen molar-refractivity contribution in [3.8, 4) is 0 Å². The predicted molar refractivity (Wildman–Crippen MR) is 56.7 cm³/mol. The Kier molecular flexibility index (Phi) is 2.79. The third-order valence-corrected chi connectivity index (χ3v) is 3.49. The fourth-order valence-corrected chi connectivity index (χ4v) is 2.46. The second-order valence-electron chi connectivity index (χ2n) is 4.58. The smallest absolute Gasteiger partial charge is 0.348 e. The first kappa shape index (κ1) is 12.2. The van der Waals surface area contributed by atoms with Crippen LogP contribution in [-0.4, -0.2) is 10.4 Å². The summed E-state index contributed by atoms with van der Waals surface area (Å²) in [6.07, 6.45) is -3.25. The molecule has 2 nitrogen and oxygen atoms in total. The minimum atomic E-state index is -4.31. The lowest BCUT2D eigenvalue weighted by Crippen LogP contribution is -2.24. The van der Waals surface area contributed by atoms with E-state index in [1.807, 2.05) is 0 Å². The predicted octanol–water partition coefficient (Wildman–Crippen LogP) is 2.97. The molecule has 0 N–H and O–H groups in total. The lowest BCUT2D eigenvalue weighted by molar-refractivity contribution is -0.138. The van der Waals surface area contributed by atoms with E-state index in [0.717, 1.165) is 0 Å². The van der Waals surface area contributed by atoms with Gasteiger partial charge in [0.1, 0.15) is 5.78 Å². The van der Waals surface area contributed by atoms with E-state index < -0.39 is 11.7 Å². The van der Waals surface area contributed by atoms with Gasteiger partial charge in [-0.15, -0.1) is 0 Å². The van der Waals surface area contributed by atoms with Crippen molar-refractivity contribution >= 4 is 5.78 Å². The summed E-state index contributed by atoms with van der Waals surface area (Å²) in [7, 11) is 0. The number of ketones is 1. The second kappa shape index (κ2) is 3.89. The number of nitrogens with zero attached hydrogens (tertiary/aromatic N) is 1. The van der Waals surface area contributed by atoms with E-state index in [1.54, 1.807) is 4.57 Å². The van der Waals surface area contributed by atoms with Crippen molar-refractivity contribution in [2.24, 2.45) is 5.92 Å². The van der Waals surface area contributed by atoms with E-state index in [9.17, 15) is 18.0 Å². The number of aromatic nitrogens is 1. The van der Waals surface area contributed by atoms with Gasteiger partial charge in [0.05, 0.1) is 5.56 Å². The molecule has 1 atom stereocenters. The third-order valence-electron chi connectivity index (χ3n) is 3.49. The molecule has 2 rings (SSSR count). The fourth-order valence-electron chi connectivity index (χ4n) is 2.46. The van der Waals surface area contributed by atoms with E-state index in [-0.39, 0.29) is 17.4 Å².